The predicted molar refractivity (Wildman–Crippen MR) is 98.4 cm³/mol. The quantitative estimate of drug-likeness (QED) is 0.805. The van der Waals surface area contributed by atoms with Gasteiger partial charge in [0.15, 0.2) is 11.5 Å². The van der Waals surface area contributed by atoms with Crippen molar-refractivity contribution in [2.45, 2.75) is 38.1 Å². The Bertz CT molecular complexity index is 729. The van der Waals surface area contributed by atoms with E-state index in [2.05, 4.69) is 34.5 Å². The van der Waals surface area contributed by atoms with Crippen molar-refractivity contribution in [3.8, 4) is 11.5 Å². The molecular formula is C20H23NO3S. The Labute approximate surface area is 152 Å². The van der Waals surface area contributed by atoms with Crippen LogP contribution < -0.4 is 9.47 Å². The topological polar surface area (TPSA) is 38.8 Å². The van der Waals surface area contributed by atoms with E-state index in [1.807, 2.05) is 6.07 Å². The molecule has 4 nitrogen and oxygen atoms in total. The first-order valence-electron chi connectivity index (χ1n) is 9.02. The van der Waals surface area contributed by atoms with Crippen molar-refractivity contribution >= 4 is 17.2 Å². The third-order valence-corrected chi connectivity index (χ3v) is 5.85. The van der Waals surface area contributed by atoms with Crippen molar-refractivity contribution in [2.75, 3.05) is 19.8 Å². The van der Waals surface area contributed by atoms with Crippen molar-refractivity contribution in [2.24, 2.45) is 0 Å². The third kappa shape index (κ3) is 3.66. The van der Waals surface area contributed by atoms with Crippen LogP contribution in [0.1, 0.15) is 42.2 Å². The number of likely N-dealkylation sites (tertiary alicyclic amines) is 1. The lowest BCUT2D eigenvalue weighted by Crippen LogP contribution is -2.30. The standard InChI is InChI=1S/C20H23NO3S/c22-20(7-1-4-16-5-3-13-25-16)21-10-2-6-17(21)15-8-9-18-19(14-15)24-12-11-23-18/h3,5,8-9,13-14,17H,1-2,4,6-7,10-12H2. The number of thiophene rings is 1. The SMILES string of the molecule is O=C(CCCc1cccs1)N1CCCC1c1ccc2c(c1)OCCO2. The van der Waals surface area contributed by atoms with E-state index in [0.717, 1.165) is 49.3 Å². The van der Waals surface area contributed by atoms with Gasteiger partial charge in [-0.25, -0.2) is 0 Å². The van der Waals surface area contributed by atoms with E-state index in [0.29, 0.717) is 19.6 Å². The Morgan fingerprint density at radius 1 is 1.20 bits per heavy atom. The lowest BCUT2D eigenvalue weighted by atomic mass is 10.0. The van der Waals surface area contributed by atoms with Gasteiger partial charge in [0.1, 0.15) is 13.2 Å². The van der Waals surface area contributed by atoms with Gasteiger partial charge in [-0.1, -0.05) is 12.1 Å². The molecule has 132 valence electrons. The van der Waals surface area contributed by atoms with E-state index in [9.17, 15) is 4.79 Å². The number of ether oxygens (including phenoxy) is 2. The van der Waals surface area contributed by atoms with Crippen LogP contribution in [0.2, 0.25) is 0 Å². The maximum atomic E-state index is 12.7. The van der Waals surface area contributed by atoms with Crippen LogP contribution in [-0.2, 0) is 11.2 Å². The van der Waals surface area contributed by atoms with E-state index in [4.69, 9.17) is 9.47 Å². The Balaban J connectivity index is 1.40. The van der Waals surface area contributed by atoms with Crippen LogP contribution in [0, 0.1) is 0 Å². The highest BCUT2D eigenvalue weighted by Gasteiger charge is 2.30. The number of rotatable bonds is 5. The van der Waals surface area contributed by atoms with Crippen molar-refractivity contribution < 1.29 is 14.3 Å². The van der Waals surface area contributed by atoms with E-state index in [1.165, 1.54) is 4.88 Å². The molecule has 0 saturated carbocycles. The second kappa shape index (κ2) is 7.48. The molecule has 2 aliphatic rings. The number of fused-ring (bicyclic) bond motifs is 1. The number of carbonyl (C=O) groups excluding carboxylic acids is 1. The van der Waals surface area contributed by atoms with Gasteiger partial charge >= 0.3 is 0 Å². The Morgan fingerprint density at radius 3 is 2.92 bits per heavy atom. The molecule has 2 aliphatic heterocycles. The first kappa shape index (κ1) is 16.5. The zero-order valence-corrected chi connectivity index (χ0v) is 15.1. The number of hydrogen-bond donors (Lipinski definition) is 0. The van der Waals surface area contributed by atoms with Gasteiger partial charge in [-0.3, -0.25) is 4.79 Å². The van der Waals surface area contributed by atoms with Crippen LogP contribution >= 0.6 is 11.3 Å². The molecule has 0 radical (unpaired) electrons. The molecule has 1 fully saturated rings. The fourth-order valence-electron chi connectivity index (χ4n) is 3.69. The highest BCUT2D eigenvalue weighted by Crippen LogP contribution is 2.38. The second-order valence-electron chi connectivity index (χ2n) is 6.58. The minimum Gasteiger partial charge on any atom is -0.486 e. The number of aryl methyl sites for hydroxylation is 1. The molecule has 4 rings (SSSR count). The molecule has 1 aromatic heterocycles. The van der Waals surface area contributed by atoms with Gasteiger partial charge in [0.25, 0.3) is 0 Å². The zero-order chi connectivity index (χ0) is 17.1. The average Bonchev–Trinajstić information content (AvgIpc) is 3.33. The minimum atomic E-state index is 0.171. The summed E-state index contributed by atoms with van der Waals surface area (Å²) < 4.78 is 11.3. The number of carbonyl (C=O) groups is 1. The molecule has 1 unspecified atom stereocenters. The Kier molecular flexibility index (Phi) is 4.92. The molecule has 1 atom stereocenters. The molecule has 1 aromatic carbocycles. The molecule has 1 saturated heterocycles. The summed E-state index contributed by atoms with van der Waals surface area (Å²) >= 11 is 1.77. The normalized spacial score (nSPS) is 19.2. The molecule has 0 aliphatic carbocycles. The summed E-state index contributed by atoms with van der Waals surface area (Å²) in [5.41, 5.74) is 1.16. The van der Waals surface area contributed by atoms with Crippen molar-refractivity contribution in [3.05, 3.63) is 46.2 Å². The molecule has 2 aromatic rings. The maximum absolute atomic E-state index is 12.7. The summed E-state index contributed by atoms with van der Waals surface area (Å²) in [4.78, 5) is 16.1. The fourth-order valence-corrected chi connectivity index (χ4v) is 4.44. The fraction of sp³-hybridized carbons (Fsp3) is 0.450. The van der Waals surface area contributed by atoms with E-state index in [-0.39, 0.29) is 11.9 Å². The van der Waals surface area contributed by atoms with Crippen LogP contribution in [0.25, 0.3) is 0 Å². The van der Waals surface area contributed by atoms with Crippen LogP contribution in [0.15, 0.2) is 35.7 Å². The van der Waals surface area contributed by atoms with Crippen LogP contribution in [-0.4, -0.2) is 30.6 Å². The number of nitrogens with zero attached hydrogens (tertiary/aromatic N) is 1. The highest BCUT2D eigenvalue weighted by atomic mass is 32.1. The van der Waals surface area contributed by atoms with Crippen molar-refractivity contribution in [3.63, 3.8) is 0 Å². The highest BCUT2D eigenvalue weighted by molar-refractivity contribution is 7.09. The summed E-state index contributed by atoms with van der Waals surface area (Å²) in [6, 6.07) is 10.5. The smallest absolute Gasteiger partial charge is 0.223 e. The maximum Gasteiger partial charge on any atom is 0.223 e. The first-order chi connectivity index (χ1) is 12.3. The average molecular weight is 357 g/mol. The summed E-state index contributed by atoms with van der Waals surface area (Å²) in [5.74, 6) is 1.89. The van der Waals surface area contributed by atoms with Crippen molar-refractivity contribution in [1.29, 1.82) is 0 Å². The molecule has 3 heterocycles. The van der Waals surface area contributed by atoms with Crippen LogP contribution in [0.4, 0.5) is 0 Å². The summed E-state index contributed by atoms with van der Waals surface area (Å²) in [6.45, 7) is 2.05. The van der Waals surface area contributed by atoms with Crippen molar-refractivity contribution in [1.82, 2.24) is 4.90 Å². The Morgan fingerprint density at radius 2 is 2.08 bits per heavy atom. The number of hydrogen-bond acceptors (Lipinski definition) is 4. The van der Waals surface area contributed by atoms with Crippen LogP contribution in [0.5, 0.6) is 11.5 Å². The van der Waals surface area contributed by atoms with Gasteiger partial charge in [-0.05, 0) is 54.8 Å². The number of amides is 1. The lowest BCUT2D eigenvalue weighted by molar-refractivity contribution is -0.132. The van der Waals surface area contributed by atoms with E-state index in [1.54, 1.807) is 11.3 Å². The molecular weight excluding hydrogens is 334 g/mol. The Hall–Kier alpha value is -2.01. The lowest BCUT2D eigenvalue weighted by Gasteiger charge is -2.27. The monoisotopic (exact) mass is 357 g/mol. The van der Waals surface area contributed by atoms with E-state index >= 15 is 0 Å². The molecule has 1 amide bonds. The van der Waals surface area contributed by atoms with E-state index < -0.39 is 0 Å². The third-order valence-electron chi connectivity index (χ3n) is 4.92. The van der Waals surface area contributed by atoms with Gasteiger partial charge < -0.3 is 14.4 Å². The van der Waals surface area contributed by atoms with Gasteiger partial charge in [-0.2, -0.15) is 0 Å². The number of benzene rings is 1. The molecule has 0 N–H and O–H groups in total. The predicted octanol–water partition coefficient (Wildman–Crippen LogP) is 4.21. The summed E-state index contributed by atoms with van der Waals surface area (Å²) in [7, 11) is 0. The zero-order valence-electron chi connectivity index (χ0n) is 14.3. The van der Waals surface area contributed by atoms with Gasteiger partial charge in [0.05, 0.1) is 6.04 Å². The van der Waals surface area contributed by atoms with Crippen LogP contribution in [0.3, 0.4) is 0 Å². The second-order valence-corrected chi connectivity index (χ2v) is 7.61. The molecule has 25 heavy (non-hydrogen) atoms. The first-order valence-corrected chi connectivity index (χ1v) is 9.90. The summed E-state index contributed by atoms with van der Waals surface area (Å²) in [5, 5.41) is 2.09. The molecule has 5 heteroatoms. The molecule has 0 spiro atoms. The van der Waals surface area contributed by atoms with Gasteiger partial charge in [-0.15, -0.1) is 11.3 Å². The largest absolute Gasteiger partial charge is 0.486 e. The van der Waals surface area contributed by atoms with Gasteiger partial charge in [0.2, 0.25) is 5.91 Å². The minimum absolute atomic E-state index is 0.171. The van der Waals surface area contributed by atoms with Gasteiger partial charge in [0, 0.05) is 17.8 Å². The molecule has 0 bridgehead atoms. The summed E-state index contributed by atoms with van der Waals surface area (Å²) in [6.07, 6.45) is 4.63.